The second kappa shape index (κ2) is 9.04. The molecule has 162 valence electrons. The molecule has 0 spiro atoms. The Hall–Kier alpha value is -4.61. The van der Waals surface area contributed by atoms with Gasteiger partial charge in [0.15, 0.2) is 5.69 Å². The molecule has 1 amide bonds. The molecule has 0 fully saturated rings. The first kappa shape index (κ1) is 20.7. The van der Waals surface area contributed by atoms with Crippen LogP contribution in [0.3, 0.4) is 0 Å². The predicted octanol–water partition coefficient (Wildman–Crippen LogP) is 2.02. The monoisotopic (exact) mass is 436 g/mol. The van der Waals surface area contributed by atoms with Gasteiger partial charge in [0.05, 0.1) is 11.9 Å². The van der Waals surface area contributed by atoms with Crippen molar-refractivity contribution in [1.29, 1.82) is 0 Å². The van der Waals surface area contributed by atoms with Crippen LogP contribution in [-0.4, -0.2) is 37.4 Å². The third kappa shape index (κ3) is 4.43. The largest absolute Gasteiger partial charge is 0.489 e. The number of amides is 1. The topological polar surface area (TPSA) is 146 Å². The van der Waals surface area contributed by atoms with Gasteiger partial charge in [0.2, 0.25) is 11.6 Å². The highest BCUT2D eigenvalue weighted by Gasteiger charge is 2.22. The molecular formula is C20H17FN8O3. The van der Waals surface area contributed by atoms with Gasteiger partial charge < -0.3 is 10.5 Å². The fraction of sp³-hybridized carbons (Fsp3) is 0.100. The van der Waals surface area contributed by atoms with E-state index in [2.05, 4.69) is 35.8 Å². The molecule has 0 bridgehead atoms. The molecule has 4 rings (SSSR count). The Morgan fingerprint density at radius 2 is 2.03 bits per heavy atom. The number of ether oxygens (including phenoxy) is 1. The molecule has 0 aliphatic carbocycles. The number of aromatic nitrogens is 5. The summed E-state index contributed by atoms with van der Waals surface area (Å²) in [7, 11) is 0. The fourth-order valence-corrected chi connectivity index (χ4v) is 2.75. The minimum absolute atomic E-state index is 0.0373. The number of aryl methyl sites for hydroxylation is 1. The molecule has 3 N–H and O–H groups in total. The van der Waals surface area contributed by atoms with Gasteiger partial charge in [-0.3, -0.25) is 4.79 Å². The molecule has 0 radical (unpaired) electrons. The highest BCUT2D eigenvalue weighted by atomic mass is 19.1. The lowest BCUT2D eigenvalue weighted by atomic mass is 10.2. The van der Waals surface area contributed by atoms with Crippen molar-refractivity contribution in [3.8, 4) is 11.6 Å². The molecular weight excluding hydrogens is 419 g/mol. The number of benzene rings is 2. The Morgan fingerprint density at radius 1 is 1.25 bits per heavy atom. The molecule has 0 saturated heterocycles. The van der Waals surface area contributed by atoms with Gasteiger partial charge in [-0.1, -0.05) is 23.4 Å². The SMILES string of the molecule is Cc1nnn(-c2nonc2N)c1C(=O)N/N=C/c1ccc(OCc2ccccc2F)cc1. The van der Waals surface area contributed by atoms with Gasteiger partial charge in [0, 0.05) is 5.56 Å². The van der Waals surface area contributed by atoms with E-state index in [1.165, 1.54) is 12.3 Å². The van der Waals surface area contributed by atoms with Crippen LogP contribution in [-0.2, 0) is 6.61 Å². The lowest BCUT2D eigenvalue weighted by Crippen LogP contribution is -2.22. The first-order valence-electron chi connectivity index (χ1n) is 9.33. The van der Waals surface area contributed by atoms with E-state index in [9.17, 15) is 9.18 Å². The number of carbonyl (C=O) groups is 1. The molecule has 0 atom stereocenters. The van der Waals surface area contributed by atoms with Crippen LogP contribution in [0.1, 0.15) is 27.3 Å². The number of hydrogen-bond acceptors (Lipinski definition) is 9. The minimum Gasteiger partial charge on any atom is -0.489 e. The van der Waals surface area contributed by atoms with E-state index in [0.29, 0.717) is 22.6 Å². The van der Waals surface area contributed by atoms with Crippen molar-refractivity contribution in [2.24, 2.45) is 5.10 Å². The van der Waals surface area contributed by atoms with E-state index < -0.39 is 5.91 Å². The second-order valence-electron chi connectivity index (χ2n) is 6.56. The number of nitrogen functional groups attached to an aromatic ring is 1. The van der Waals surface area contributed by atoms with Gasteiger partial charge in [-0.25, -0.2) is 14.4 Å². The van der Waals surface area contributed by atoms with Crippen LogP contribution < -0.4 is 15.9 Å². The number of hydrazone groups is 1. The number of anilines is 1. The summed E-state index contributed by atoms with van der Waals surface area (Å²) in [6, 6.07) is 13.3. The number of halogens is 1. The summed E-state index contributed by atoms with van der Waals surface area (Å²) in [4.78, 5) is 12.5. The van der Waals surface area contributed by atoms with Crippen molar-refractivity contribution in [2.45, 2.75) is 13.5 Å². The smallest absolute Gasteiger partial charge is 0.292 e. The third-order valence-corrected chi connectivity index (χ3v) is 4.36. The van der Waals surface area contributed by atoms with E-state index in [1.54, 1.807) is 49.4 Å². The standard InChI is InChI=1S/C20H17FN8O3/c1-12-17(29(28-24-12)19-18(22)26-32-27-19)20(30)25-23-10-13-6-8-15(9-7-13)31-11-14-4-2-3-5-16(14)21/h2-10H,11H2,1H3,(H2,22,26)(H,25,30)/b23-10+. The lowest BCUT2D eigenvalue weighted by molar-refractivity contribution is 0.0946. The van der Waals surface area contributed by atoms with E-state index in [4.69, 9.17) is 10.5 Å². The zero-order valence-corrected chi connectivity index (χ0v) is 16.8. The number of nitrogens with one attached hydrogen (secondary N) is 1. The molecule has 2 aromatic carbocycles. The normalized spacial score (nSPS) is 11.1. The van der Waals surface area contributed by atoms with Crippen molar-refractivity contribution in [2.75, 3.05) is 5.73 Å². The van der Waals surface area contributed by atoms with Crippen molar-refractivity contribution < 1.29 is 18.6 Å². The molecule has 0 aliphatic rings. The van der Waals surface area contributed by atoms with E-state index >= 15 is 0 Å². The first-order chi connectivity index (χ1) is 15.5. The molecule has 11 nitrogen and oxygen atoms in total. The average molecular weight is 436 g/mol. The fourth-order valence-electron chi connectivity index (χ4n) is 2.75. The molecule has 12 heteroatoms. The molecule has 32 heavy (non-hydrogen) atoms. The van der Waals surface area contributed by atoms with Crippen LogP contribution in [0.2, 0.25) is 0 Å². The van der Waals surface area contributed by atoms with E-state index in [0.717, 1.165) is 4.68 Å². The van der Waals surface area contributed by atoms with Gasteiger partial charge in [-0.2, -0.15) is 9.78 Å². The van der Waals surface area contributed by atoms with Gasteiger partial charge >= 0.3 is 0 Å². The summed E-state index contributed by atoms with van der Waals surface area (Å²) in [5.74, 6) is -0.313. The van der Waals surface area contributed by atoms with Gasteiger partial charge in [-0.15, -0.1) is 5.10 Å². The Kier molecular flexibility index (Phi) is 5.83. The Labute approximate surface area is 180 Å². The molecule has 0 unspecified atom stereocenters. The lowest BCUT2D eigenvalue weighted by Gasteiger charge is -2.07. The number of nitrogens with two attached hydrogens (primary N) is 1. The van der Waals surface area contributed by atoms with Gasteiger partial charge in [-0.05, 0) is 53.1 Å². The quantitative estimate of drug-likeness (QED) is 0.330. The first-order valence-corrected chi connectivity index (χ1v) is 9.33. The van der Waals surface area contributed by atoms with Crippen molar-refractivity contribution >= 4 is 17.9 Å². The Balaban J connectivity index is 1.37. The molecule has 0 saturated carbocycles. The predicted molar refractivity (Wildman–Crippen MR) is 111 cm³/mol. The maximum atomic E-state index is 13.7. The maximum Gasteiger partial charge on any atom is 0.292 e. The molecule has 0 aliphatic heterocycles. The zero-order chi connectivity index (χ0) is 22.5. The number of nitrogens with zero attached hydrogens (tertiary/aromatic N) is 6. The number of rotatable bonds is 7. The Morgan fingerprint density at radius 3 is 2.75 bits per heavy atom. The van der Waals surface area contributed by atoms with Crippen molar-refractivity contribution in [3.63, 3.8) is 0 Å². The third-order valence-electron chi connectivity index (χ3n) is 4.36. The second-order valence-corrected chi connectivity index (χ2v) is 6.56. The summed E-state index contributed by atoms with van der Waals surface area (Å²) in [5, 5.41) is 18.7. The molecule has 2 aromatic heterocycles. The molecule has 2 heterocycles. The summed E-state index contributed by atoms with van der Waals surface area (Å²) in [5.41, 5.74) is 9.66. The number of carbonyl (C=O) groups excluding carboxylic acids is 1. The maximum absolute atomic E-state index is 13.7. The van der Waals surface area contributed by atoms with E-state index in [1.807, 2.05) is 0 Å². The van der Waals surface area contributed by atoms with Crippen molar-refractivity contribution in [1.82, 2.24) is 30.7 Å². The summed E-state index contributed by atoms with van der Waals surface area (Å²) >= 11 is 0. The Bertz CT molecular complexity index is 1270. The highest BCUT2D eigenvalue weighted by molar-refractivity contribution is 5.94. The van der Waals surface area contributed by atoms with Gasteiger partial charge in [0.25, 0.3) is 5.91 Å². The van der Waals surface area contributed by atoms with Crippen LogP contribution >= 0.6 is 0 Å². The van der Waals surface area contributed by atoms with Crippen LogP contribution in [0.5, 0.6) is 5.75 Å². The average Bonchev–Trinajstić information content (AvgIpc) is 3.39. The summed E-state index contributed by atoms with van der Waals surface area (Å²) < 4.78 is 24.9. The summed E-state index contributed by atoms with van der Waals surface area (Å²) in [6.45, 7) is 1.72. The van der Waals surface area contributed by atoms with Crippen LogP contribution in [0.25, 0.3) is 5.82 Å². The molecule has 4 aromatic rings. The van der Waals surface area contributed by atoms with Crippen LogP contribution in [0.15, 0.2) is 58.3 Å². The van der Waals surface area contributed by atoms with Gasteiger partial charge in [0.1, 0.15) is 18.2 Å². The van der Waals surface area contributed by atoms with Crippen LogP contribution in [0.4, 0.5) is 10.2 Å². The number of hydrogen-bond donors (Lipinski definition) is 2. The van der Waals surface area contributed by atoms with E-state index in [-0.39, 0.29) is 29.8 Å². The zero-order valence-electron chi connectivity index (χ0n) is 16.8. The highest BCUT2D eigenvalue weighted by Crippen LogP contribution is 2.16. The van der Waals surface area contributed by atoms with Crippen molar-refractivity contribution in [3.05, 3.63) is 76.9 Å². The van der Waals surface area contributed by atoms with Crippen LogP contribution in [0, 0.1) is 12.7 Å². The minimum atomic E-state index is -0.573. The summed E-state index contributed by atoms with van der Waals surface area (Å²) in [6.07, 6.45) is 1.45.